The van der Waals surface area contributed by atoms with Gasteiger partial charge < -0.3 is 20.5 Å². The van der Waals surface area contributed by atoms with E-state index in [4.69, 9.17) is 15.2 Å². The van der Waals surface area contributed by atoms with Crippen molar-refractivity contribution in [3.05, 3.63) is 23.8 Å². The molecule has 0 aliphatic carbocycles. The highest BCUT2D eigenvalue weighted by Gasteiger charge is 2.17. The fraction of sp³-hybridized carbons (Fsp3) is 0.385. The second-order valence-corrected chi connectivity index (χ2v) is 4.58. The van der Waals surface area contributed by atoms with E-state index in [1.54, 1.807) is 0 Å². The van der Waals surface area contributed by atoms with Crippen LogP contribution in [0.4, 0.5) is 0 Å². The molecule has 20 heavy (non-hydrogen) atoms. The van der Waals surface area contributed by atoms with E-state index in [1.165, 1.54) is 0 Å². The lowest BCUT2D eigenvalue weighted by molar-refractivity contribution is 0.173. The van der Waals surface area contributed by atoms with E-state index in [9.17, 15) is 0 Å². The molecule has 1 unspecified atom stereocenters. The Labute approximate surface area is 116 Å². The molecule has 0 fully saturated rings. The number of nitrogens with zero attached hydrogens (tertiary/aromatic N) is 2. The molecule has 0 bridgehead atoms. The molecule has 0 spiro atoms. The van der Waals surface area contributed by atoms with Gasteiger partial charge in [-0.2, -0.15) is 0 Å². The summed E-state index contributed by atoms with van der Waals surface area (Å²) >= 11 is 0. The predicted octanol–water partition coefficient (Wildman–Crippen LogP) is 0.167. The van der Waals surface area contributed by atoms with Gasteiger partial charge in [-0.15, -0.1) is 0 Å². The maximum Gasteiger partial charge on any atom is 0.231 e. The van der Waals surface area contributed by atoms with Gasteiger partial charge in [-0.25, -0.2) is 9.98 Å². The maximum absolute atomic E-state index is 5.65. The zero-order valence-corrected chi connectivity index (χ0v) is 11.2. The summed E-state index contributed by atoms with van der Waals surface area (Å²) in [6.07, 6.45) is 0.648. The molecule has 0 saturated heterocycles. The van der Waals surface area contributed by atoms with Crippen LogP contribution in [0.25, 0.3) is 0 Å². The molecular weight excluding hydrogens is 258 g/mol. The number of nitrogens with one attached hydrogen (secondary N) is 2. The summed E-state index contributed by atoms with van der Waals surface area (Å²) in [6, 6.07) is 5.90. The molecule has 2 aliphatic rings. The topological polar surface area (TPSA) is 93.3 Å². The SMILES string of the molecule is CC1N=C(N)NC(NCCc2cccc3c2OCO3)=N1. The zero-order valence-electron chi connectivity index (χ0n) is 11.2. The van der Waals surface area contributed by atoms with Gasteiger partial charge in [-0.3, -0.25) is 5.32 Å². The molecule has 0 radical (unpaired) electrons. The number of ether oxygens (including phenoxy) is 2. The van der Waals surface area contributed by atoms with Crippen molar-refractivity contribution in [3.63, 3.8) is 0 Å². The average Bonchev–Trinajstić information content (AvgIpc) is 2.86. The zero-order chi connectivity index (χ0) is 13.9. The highest BCUT2D eigenvalue weighted by molar-refractivity contribution is 5.99. The second-order valence-electron chi connectivity index (χ2n) is 4.58. The van der Waals surface area contributed by atoms with Crippen LogP contribution in [0.3, 0.4) is 0 Å². The molecule has 7 nitrogen and oxygen atoms in total. The number of rotatable bonds is 3. The molecule has 1 aromatic carbocycles. The van der Waals surface area contributed by atoms with Crippen LogP contribution in [0, 0.1) is 0 Å². The fourth-order valence-electron chi connectivity index (χ4n) is 2.20. The number of guanidine groups is 2. The lowest BCUT2D eigenvalue weighted by atomic mass is 10.1. The molecule has 2 heterocycles. The summed E-state index contributed by atoms with van der Waals surface area (Å²) in [5.74, 6) is 2.67. The van der Waals surface area contributed by atoms with Crippen LogP contribution in [0.2, 0.25) is 0 Å². The maximum atomic E-state index is 5.65. The molecule has 3 rings (SSSR count). The van der Waals surface area contributed by atoms with Crippen molar-refractivity contribution in [1.82, 2.24) is 10.6 Å². The van der Waals surface area contributed by atoms with E-state index in [2.05, 4.69) is 20.6 Å². The van der Waals surface area contributed by atoms with Crippen molar-refractivity contribution in [1.29, 1.82) is 0 Å². The third-order valence-electron chi connectivity index (χ3n) is 3.05. The van der Waals surface area contributed by atoms with Crippen LogP contribution < -0.4 is 25.8 Å². The second kappa shape index (κ2) is 5.28. The number of benzene rings is 1. The number of hydrogen-bond acceptors (Lipinski definition) is 7. The largest absolute Gasteiger partial charge is 0.454 e. The number of fused-ring (bicyclic) bond motifs is 1. The van der Waals surface area contributed by atoms with Crippen LogP contribution in [0.5, 0.6) is 11.5 Å². The van der Waals surface area contributed by atoms with Crippen molar-refractivity contribution >= 4 is 11.9 Å². The summed E-state index contributed by atoms with van der Waals surface area (Å²) in [5, 5.41) is 6.10. The van der Waals surface area contributed by atoms with Crippen LogP contribution in [-0.4, -0.2) is 31.4 Å². The molecule has 4 N–H and O–H groups in total. The predicted molar refractivity (Wildman–Crippen MR) is 75.9 cm³/mol. The molecule has 0 saturated carbocycles. The third kappa shape index (κ3) is 2.61. The van der Waals surface area contributed by atoms with Gasteiger partial charge in [0.1, 0.15) is 6.17 Å². The molecule has 106 valence electrons. The summed E-state index contributed by atoms with van der Waals surface area (Å²) in [4.78, 5) is 8.37. The molecule has 2 aliphatic heterocycles. The van der Waals surface area contributed by atoms with Gasteiger partial charge in [0.25, 0.3) is 0 Å². The van der Waals surface area contributed by atoms with Gasteiger partial charge in [0.2, 0.25) is 6.79 Å². The Hall–Kier alpha value is -2.44. The summed E-state index contributed by atoms with van der Waals surface area (Å²) in [7, 11) is 0. The van der Waals surface area contributed by atoms with E-state index < -0.39 is 0 Å². The third-order valence-corrected chi connectivity index (χ3v) is 3.05. The van der Waals surface area contributed by atoms with E-state index >= 15 is 0 Å². The Morgan fingerprint density at radius 3 is 3.15 bits per heavy atom. The normalized spacial score (nSPS) is 19.9. The highest BCUT2D eigenvalue weighted by Crippen LogP contribution is 2.35. The minimum absolute atomic E-state index is 0.156. The lowest BCUT2D eigenvalue weighted by Gasteiger charge is -2.17. The molecule has 0 amide bonds. The Morgan fingerprint density at radius 2 is 2.30 bits per heavy atom. The number of hydrogen-bond donors (Lipinski definition) is 3. The number of para-hydroxylation sites is 1. The Bertz CT molecular complexity index is 570. The van der Waals surface area contributed by atoms with Gasteiger partial charge in [0.15, 0.2) is 23.4 Å². The van der Waals surface area contributed by atoms with Gasteiger partial charge >= 0.3 is 0 Å². The van der Waals surface area contributed by atoms with Gasteiger partial charge in [-0.1, -0.05) is 12.1 Å². The van der Waals surface area contributed by atoms with Crippen molar-refractivity contribution in [2.45, 2.75) is 19.5 Å². The lowest BCUT2D eigenvalue weighted by Crippen LogP contribution is -2.48. The Morgan fingerprint density at radius 1 is 1.40 bits per heavy atom. The van der Waals surface area contributed by atoms with Crippen LogP contribution in [-0.2, 0) is 6.42 Å². The summed E-state index contributed by atoms with van der Waals surface area (Å²) in [5.41, 5.74) is 6.76. The van der Waals surface area contributed by atoms with Crippen LogP contribution in [0.15, 0.2) is 28.2 Å². The van der Waals surface area contributed by atoms with Crippen molar-refractivity contribution in [2.24, 2.45) is 15.7 Å². The molecule has 7 heteroatoms. The van der Waals surface area contributed by atoms with Gasteiger partial charge in [0.05, 0.1) is 0 Å². The van der Waals surface area contributed by atoms with Crippen LogP contribution in [0.1, 0.15) is 12.5 Å². The molecule has 0 aromatic heterocycles. The quantitative estimate of drug-likeness (QED) is 0.731. The monoisotopic (exact) mass is 275 g/mol. The Balaban J connectivity index is 1.57. The smallest absolute Gasteiger partial charge is 0.231 e. The first kappa shape index (κ1) is 12.6. The number of aliphatic imine (C=N–C) groups is 2. The van der Waals surface area contributed by atoms with Crippen LogP contribution >= 0.6 is 0 Å². The first-order valence-electron chi connectivity index (χ1n) is 6.52. The molecular formula is C13H17N5O2. The van der Waals surface area contributed by atoms with Crippen molar-refractivity contribution in [2.75, 3.05) is 13.3 Å². The fourth-order valence-corrected chi connectivity index (χ4v) is 2.20. The minimum atomic E-state index is -0.156. The van der Waals surface area contributed by atoms with Gasteiger partial charge in [0, 0.05) is 6.54 Å². The van der Waals surface area contributed by atoms with E-state index in [0.717, 1.165) is 23.5 Å². The molecule has 1 aromatic rings. The minimum Gasteiger partial charge on any atom is -0.454 e. The highest BCUT2D eigenvalue weighted by atomic mass is 16.7. The molecule has 1 atom stereocenters. The summed E-state index contributed by atoms with van der Waals surface area (Å²) < 4.78 is 10.8. The van der Waals surface area contributed by atoms with Crippen molar-refractivity contribution < 1.29 is 9.47 Å². The van der Waals surface area contributed by atoms with E-state index in [-0.39, 0.29) is 6.17 Å². The van der Waals surface area contributed by atoms with E-state index in [1.807, 2.05) is 25.1 Å². The first-order chi connectivity index (χ1) is 9.72. The van der Waals surface area contributed by atoms with Crippen molar-refractivity contribution in [3.8, 4) is 11.5 Å². The average molecular weight is 275 g/mol. The summed E-state index contributed by atoms with van der Waals surface area (Å²) in [6.45, 7) is 2.88. The number of nitrogens with two attached hydrogens (primary N) is 1. The van der Waals surface area contributed by atoms with E-state index in [0.29, 0.717) is 25.3 Å². The Kier molecular flexibility index (Phi) is 3.32. The standard InChI is InChI=1S/C13H17N5O2/c1-8-16-12(14)18-13(17-8)15-6-5-9-3-2-4-10-11(9)20-7-19-10/h2-4,8H,5-7H2,1H3,(H4,14,15,16,17,18). The first-order valence-corrected chi connectivity index (χ1v) is 6.52. The van der Waals surface area contributed by atoms with Gasteiger partial charge in [-0.05, 0) is 25.0 Å².